The third kappa shape index (κ3) is 5.53. The number of anilines is 2. The third-order valence-corrected chi connectivity index (χ3v) is 4.49. The van der Waals surface area contributed by atoms with Gasteiger partial charge >= 0.3 is 0 Å². The Morgan fingerprint density at radius 3 is 1.39 bits per heavy atom. The molecular weight excluding hydrogens is 348 g/mol. The van der Waals surface area contributed by atoms with Crippen LogP contribution in [0, 0.1) is 0 Å². The minimum Gasteiger partial charge on any atom is -0.369 e. The molecule has 3 aromatic rings. The van der Waals surface area contributed by atoms with Crippen LogP contribution in [0.15, 0.2) is 36.4 Å². The van der Waals surface area contributed by atoms with Gasteiger partial charge in [0.05, 0.1) is 11.0 Å². The maximum Gasteiger partial charge on any atom is 0.126 e. The number of benzene rings is 1. The van der Waals surface area contributed by atoms with Crippen LogP contribution in [-0.2, 0) is 0 Å². The van der Waals surface area contributed by atoms with Gasteiger partial charge < -0.3 is 21.3 Å². The van der Waals surface area contributed by atoms with E-state index in [-0.39, 0.29) is 0 Å². The number of aromatic nitrogens is 2. The molecule has 3 rings (SSSR count). The predicted octanol–water partition coefficient (Wildman–Crippen LogP) is 3.60. The molecule has 0 saturated heterocycles. The first-order chi connectivity index (χ1) is 13.5. The van der Waals surface area contributed by atoms with E-state index in [1.165, 1.54) is 0 Å². The average molecular weight is 381 g/mol. The largest absolute Gasteiger partial charge is 0.369 e. The highest BCUT2D eigenvalue weighted by Crippen LogP contribution is 2.25. The fourth-order valence-corrected chi connectivity index (χ4v) is 3.07. The highest BCUT2D eigenvalue weighted by atomic mass is 15.0. The minimum absolute atomic E-state index is 0.487. The molecule has 0 fully saturated rings. The van der Waals surface area contributed by atoms with Crippen molar-refractivity contribution in [2.24, 2.45) is 0 Å². The molecule has 4 N–H and O–H groups in total. The number of hydrogen-bond acceptors (Lipinski definition) is 6. The van der Waals surface area contributed by atoms with Gasteiger partial charge in [-0.1, -0.05) is 39.8 Å². The lowest BCUT2D eigenvalue weighted by molar-refractivity contribution is 0.602. The Balaban J connectivity index is 1.77. The van der Waals surface area contributed by atoms with Crippen LogP contribution in [-0.4, -0.2) is 48.2 Å². The zero-order valence-electron chi connectivity index (χ0n) is 17.3. The Labute approximate surface area is 167 Å². The van der Waals surface area contributed by atoms with Gasteiger partial charge in [0.15, 0.2) is 0 Å². The molecule has 2 aromatic heterocycles. The summed E-state index contributed by atoms with van der Waals surface area (Å²) in [5.41, 5.74) is 1.87. The maximum absolute atomic E-state index is 4.84. The van der Waals surface area contributed by atoms with Crippen LogP contribution >= 0.6 is 0 Å². The molecule has 0 unspecified atom stereocenters. The van der Waals surface area contributed by atoms with Crippen LogP contribution in [0.5, 0.6) is 0 Å². The summed E-state index contributed by atoms with van der Waals surface area (Å²) in [4.78, 5) is 9.68. The predicted molar refractivity (Wildman–Crippen MR) is 120 cm³/mol. The van der Waals surface area contributed by atoms with Crippen molar-refractivity contribution in [3.8, 4) is 0 Å². The molecule has 6 heteroatoms. The minimum atomic E-state index is 0.487. The normalized spacial score (nSPS) is 11.6. The van der Waals surface area contributed by atoms with Gasteiger partial charge in [0.25, 0.3) is 0 Å². The smallest absolute Gasteiger partial charge is 0.126 e. The van der Waals surface area contributed by atoms with Gasteiger partial charge in [0, 0.05) is 49.0 Å². The van der Waals surface area contributed by atoms with E-state index in [0.29, 0.717) is 12.1 Å². The summed E-state index contributed by atoms with van der Waals surface area (Å²) in [5.74, 6) is 1.76. The highest BCUT2D eigenvalue weighted by molar-refractivity contribution is 6.03. The van der Waals surface area contributed by atoms with Crippen LogP contribution < -0.4 is 21.3 Å². The van der Waals surface area contributed by atoms with Crippen molar-refractivity contribution in [1.29, 1.82) is 0 Å². The van der Waals surface area contributed by atoms with Crippen molar-refractivity contribution in [2.75, 3.05) is 36.8 Å². The second-order valence-electron chi connectivity index (χ2n) is 7.67. The fourth-order valence-electron chi connectivity index (χ4n) is 3.07. The van der Waals surface area contributed by atoms with Crippen molar-refractivity contribution in [3.63, 3.8) is 0 Å². The van der Waals surface area contributed by atoms with E-state index in [9.17, 15) is 0 Å². The summed E-state index contributed by atoms with van der Waals surface area (Å²) in [5, 5.41) is 15.8. The molecule has 28 heavy (non-hydrogen) atoms. The Hall–Kier alpha value is -2.44. The Morgan fingerprint density at radius 1 is 0.607 bits per heavy atom. The molecule has 2 heterocycles. The number of pyridine rings is 2. The maximum atomic E-state index is 4.84. The molecule has 0 radical (unpaired) electrons. The topological polar surface area (TPSA) is 73.9 Å². The van der Waals surface area contributed by atoms with Gasteiger partial charge in [-0.2, -0.15) is 0 Å². The SMILES string of the molecule is CC(C)NCCNc1ccc2ccc3ccc(NCCNC(C)C)nc3c2n1. The van der Waals surface area contributed by atoms with Gasteiger partial charge in [0.2, 0.25) is 0 Å². The highest BCUT2D eigenvalue weighted by Gasteiger charge is 2.06. The molecule has 6 nitrogen and oxygen atoms in total. The summed E-state index contributed by atoms with van der Waals surface area (Å²) in [6.45, 7) is 12.1. The van der Waals surface area contributed by atoms with Crippen molar-refractivity contribution in [2.45, 2.75) is 39.8 Å². The van der Waals surface area contributed by atoms with Crippen molar-refractivity contribution >= 4 is 33.4 Å². The van der Waals surface area contributed by atoms with E-state index in [0.717, 1.165) is 59.6 Å². The van der Waals surface area contributed by atoms with E-state index in [2.05, 4.69) is 73.2 Å². The second-order valence-corrected chi connectivity index (χ2v) is 7.67. The lowest BCUT2D eigenvalue weighted by Gasteiger charge is -2.12. The van der Waals surface area contributed by atoms with Crippen LogP contribution in [0.25, 0.3) is 21.8 Å². The van der Waals surface area contributed by atoms with E-state index >= 15 is 0 Å². The van der Waals surface area contributed by atoms with Crippen molar-refractivity contribution in [1.82, 2.24) is 20.6 Å². The number of fused-ring (bicyclic) bond motifs is 3. The lowest BCUT2D eigenvalue weighted by atomic mass is 10.1. The number of rotatable bonds is 10. The van der Waals surface area contributed by atoms with Gasteiger partial charge in [-0.05, 0) is 24.3 Å². The van der Waals surface area contributed by atoms with E-state index in [1.807, 2.05) is 12.1 Å². The summed E-state index contributed by atoms with van der Waals surface area (Å²) >= 11 is 0. The summed E-state index contributed by atoms with van der Waals surface area (Å²) in [6.07, 6.45) is 0. The molecule has 0 amide bonds. The van der Waals surface area contributed by atoms with Crippen LogP contribution in [0.2, 0.25) is 0 Å². The van der Waals surface area contributed by atoms with Gasteiger partial charge in [-0.3, -0.25) is 0 Å². The quantitative estimate of drug-likeness (QED) is 0.318. The van der Waals surface area contributed by atoms with Crippen molar-refractivity contribution in [3.05, 3.63) is 36.4 Å². The number of hydrogen-bond donors (Lipinski definition) is 4. The molecule has 1 aromatic carbocycles. The Bertz CT molecular complexity index is 831. The molecule has 0 saturated carbocycles. The molecule has 0 spiro atoms. The summed E-state index contributed by atoms with van der Waals surface area (Å²) < 4.78 is 0. The van der Waals surface area contributed by atoms with Gasteiger partial charge in [-0.15, -0.1) is 0 Å². The average Bonchev–Trinajstić information content (AvgIpc) is 2.68. The molecule has 0 aliphatic rings. The zero-order chi connectivity index (χ0) is 19.9. The molecule has 150 valence electrons. The Morgan fingerprint density at radius 2 is 1.00 bits per heavy atom. The molecule has 0 aliphatic heterocycles. The Kier molecular flexibility index (Phi) is 7.01. The van der Waals surface area contributed by atoms with E-state index in [4.69, 9.17) is 9.97 Å². The second kappa shape index (κ2) is 9.66. The first-order valence-electron chi connectivity index (χ1n) is 10.2. The molecule has 0 atom stereocenters. The van der Waals surface area contributed by atoms with Crippen LogP contribution in [0.1, 0.15) is 27.7 Å². The van der Waals surface area contributed by atoms with Gasteiger partial charge in [0.1, 0.15) is 11.6 Å². The molecule has 0 aliphatic carbocycles. The van der Waals surface area contributed by atoms with Crippen LogP contribution in [0.4, 0.5) is 11.6 Å². The molecular formula is C22H32N6. The number of nitrogens with zero attached hydrogens (tertiary/aromatic N) is 2. The van der Waals surface area contributed by atoms with E-state index in [1.54, 1.807) is 0 Å². The van der Waals surface area contributed by atoms with Crippen LogP contribution in [0.3, 0.4) is 0 Å². The summed E-state index contributed by atoms with van der Waals surface area (Å²) in [6, 6.07) is 13.5. The monoisotopic (exact) mass is 380 g/mol. The molecule has 0 bridgehead atoms. The number of nitrogens with one attached hydrogen (secondary N) is 4. The first-order valence-corrected chi connectivity index (χ1v) is 10.2. The third-order valence-electron chi connectivity index (χ3n) is 4.49. The van der Waals surface area contributed by atoms with E-state index < -0.39 is 0 Å². The fraction of sp³-hybridized carbons (Fsp3) is 0.455. The van der Waals surface area contributed by atoms with Crippen molar-refractivity contribution < 1.29 is 0 Å². The zero-order valence-corrected chi connectivity index (χ0v) is 17.3. The first kappa shape index (κ1) is 20.3. The lowest BCUT2D eigenvalue weighted by Crippen LogP contribution is -2.28. The standard InChI is InChI=1S/C22H32N6/c1-15(2)23-11-13-25-19-9-7-17-5-6-18-8-10-20(26-14-12-24-16(3)4)28-22(18)21(17)27-19/h5-10,15-16,23-24H,11-14H2,1-4H3,(H,25,27)(H,26,28). The summed E-state index contributed by atoms with van der Waals surface area (Å²) in [7, 11) is 0. The van der Waals surface area contributed by atoms with Gasteiger partial charge in [-0.25, -0.2) is 9.97 Å².